The fraction of sp³-hybridized carbons (Fsp3) is 0.462. The molecule has 2 nitrogen and oxygen atoms in total. The van der Waals surface area contributed by atoms with Gasteiger partial charge in [0.15, 0.2) is 0 Å². The molecule has 0 aromatic heterocycles. The molecule has 0 saturated carbocycles. The van der Waals surface area contributed by atoms with Crippen molar-refractivity contribution in [3.05, 3.63) is 35.4 Å². The minimum absolute atomic E-state index is 0.00725. The highest BCUT2D eigenvalue weighted by atomic mass is 19.1. The molecule has 2 rings (SSSR count). The summed E-state index contributed by atoms with van der Waals surface area (Å²) in [4.78, 5) is 11.7. The number of carbonyl (C=O) groups is 1. The molecule has 1 atom stereocenters. The Hall–Kier alpha value is -1.45. The second kappa shape index (κ2) is 5.25. The van der Waals surface area contributed by atoms with Gasteiger partial charge in [-0.3, -0.25) is 4.79 Å². The van der Waals surface area contributed by atoms with Crippen molar-refractivity contribution >= 4 is 5.91 Å². The van der Waals surface area contributed by atoms with Crippen LogP contribution in [-0.4, -0.2) is 12.5 Å². The van der Waals surface area contributed by atoms with E-state index in [1.807, 2.05) is 0 Å². The Bertz CT molecular complexity index is 400. The maximum absolute atomic E-state index is 13.0. The standard InChI is InChI=1S/C13H15F2NO/c14-11-6-9(7-12(15)8-11)5-10-3-1-2-4-16-13(10)17/h6-8,10H,1-5H2,(H,16,17). The van der Waals surface area contributed by atoms with Gasteiger partial charge in [0.1, 0.15) is 11.6 Å². The van der Waals surface area contributed by atoms with Crippen LogP contribution in [0.25, 0.3) is 0 Å². The lowest BCUT2D eigenvalue weighted by molar-refractivity contribution is -0.124. The zero-order chi connectivity index (χ0) is 12.3. The van der Waals surface area contributed by atoms with Crippen LogP contribution < -0.4 is 5.32 Å². The first-order valence-electron chi connectivity index (χ1n) is 5.88. The second-order valence-corrected chi connectivity index (χ2v) is 4.47. The Morgan fingerprint density at radius 1 is 1.18 bits per heavy atom. The van der Waals surface area contributed by atoms with Crippen molar-refractivity contribution in [2.45, 2.75) is 25.7 Å². The zero-order valence-electron chi connectivity index (χ0n) is 9.51. The average Bonchev–Trinajstić information content (AvgIpc) is 2.43. The van der Waals surface area contributed by atoms with Gasteiger partial charge in [0.25, 0.3) is 0 Å². The summed E-state index contributed by atoms with van der Waals surface area (Å²) in [6.45, 7) is 0.701. The van der Waals surface area contributed by atoms with Crippen LogP contribution in [-0.2, 0) is 11.2 Å². The quantitative estimate of drug-likeness (QED) is 0.843. The summed E-state index contributed by atoms with van der Waals surface area (Å²) < 4.78 is 26.0. The molecule has 92 valence electrons. The Balaban J connectivity index is 2.10. The molecule has 1 unspecified atom stereocenters. The molecule has 1 aliphatic heterocycles. The number of hydrogen-bond acceptors (Lipinski definition) is 1. The third-order valence-corrected chi connectivity index (χ3v) is 3.05. The van der Waals surface area contributed by atoms with Crippen LogP contribution >= 0.6 is 0 Å². The molecule has 1 saturated heterocycles. The summed E-state index contributed by atoms with van der Waals surface area (Å²) >= 11 is 0. The second-order valence-electron chi connectivity index (χ2n) is 4.47. The van der Waals surface area contributed by atoms with Gasteiger partial charge in [-0.25, -0.2) is 8.78 Å². The fourth-order valence-electron chi connectivity index (χ4n) is 2.21. The van der Waals surface area contributed by atoms with E-state index in [1.165, 1.54) is 12.1 Å². The van der Waals surface area contributed by atoms with Crippen LogP contribution in [0.2, 0.25) is 0 Å². The lowest BCUT2D eigenvalue weighted by Gasteiger charge is -2.13. The Morgan fingerprint density at radius 2 is 1.88 bits per heavy atom. The van der Waals surface area contributed by atoms with E-state index in [9.17, 15) is 13.6 Å². The molecule has 1 amide bonds. The summed E-state index contributed by atoms with van der Waals surface area (Å²) in [7, 11) is 0. The lowest BCUT2D eigenvalue weighted by Crippen LogP contribution is -2.30. The molecule has 0 radical (unpaired) electrons. The van der Waals surface area contributed by atoms with Crippen LogP contribution in [0.3, 0.4) is 0 Å². The highest BCUT2D eigenvalue weighted by Gasteiger charge is 2.21. The van der Waals surface area contributed by atoms with E-state index in [-0.39, 0.29) is 11.8 Å². The van der Waals surface area contributed by atoms with Crippen LogP contribution in [0.4, 0.5) is 8.78 Å². The number of rotatable bonds is 2. The molecule has 0 spiro atoms. The van der Waals surface area contributed by atoms with Crippen molar-refractivity contribution in [2.75, 3.05) is 6.54 Å². The van der Waals surface area contributed by atoms with Gasteiger partial charge in [-0.15, -0.1) is 0 Å². The van der Waals surface area contributed by atoms with Crippen LogP contribution in [0, 0.1) is 17.6 Å². The van der Waals surface area contributed by atoms with E-state index in [1.54, 1.807) is 0 Å². The van der Waals surface area contributed by atoms with Gasteiger partial charge in [0.2, 0.25) is 5.91 Å². The molecule has 4 heteroatoms. The van der Waals surface area contributed by atoms with Crippen molar-refractivity contribution in [1.82, 2.24) is 5.32 Å². The molecule has 0 aliphatic carbocycles. The van der Waals surface area contributed by atoms with Gasteiger partial charge in [-0.2, -0.15) is 0 Å². The monoisotopic (exact) mass is 239 g/mol. The highest BCUT2D eigenvalue weighted by molar-refractivity contribution is 5.79. The maximum Gasteiger partial charge on any atom is 0.223 e. The molecule has 1 aromatic rings. The average molecular weight is 239 g/mol. The van der Waals surface area contributed by atoms with Gasteiger partial charge in [-0.1, -0.05) is 6.42 Å². The molecule has 1 aromatic carbocycles. The minimum Gasteiger partial charge on any atom is -0.356 e. The largest absolute Gasteiger partial charge is 0.356 e. The molecular formula is C13H15F2NO. The molecule has 1 fully saturated rings. The summed E-state index contributed by atoms with van der Waals surface area (Å²) in [5, 5.41) is 2.82. The number of halogens is 2. The smallest absolute Gasteiger partial charge is 0.223 e. The van der Waals surface area contributed by atoms with E-state index in [4.69, 9.17) is 0 Å². The maximum atomic E-state index is 13.0. The van der Waals surface area contributed by atoms with Gasteiger partial charge >= 0.3 is 0 Å². The molecule has 1 N–H and O–H groups in total. The van der Waals surface area contributed by atoms with Gasteiger partial charge in [0.05, 0.1) is 0 Å². The summed E-state index contributed by atoms with van der Waals surface area (Å²) in [6.07, 6.45) is 3.13. The van der Waals surface area contributed by atoms with Crippen molar-refractivity contribution in [3.8, 4) is 0 Å². The summed E-state index contributed by atoms with van der Waals surface area (Å²) in [5.41, 5.74) is 0.546. The topological polar surface area (TPSA) is 29.1 Å². The van der Waals surface area contributed by atoms with Crippen LogP contribution in [0.5, 0.6) is 0 Å². The van der Waals surface area contributed by atoms with Crippen LogP contribution in [0.1, 0.15) is 24.8 Å². The van der Waals surface area contributed by atoms with E-state index >= 15 is 0 Å². The van der Waals surface area contributed by atoms with Crippen molar-refractivity contribution < 1.29 is 13.6 Å². The predicted octanol–water partition coefficient (Wildman–Crippen LogP) is 2.42. The van der Waals surface area contributed by atoms with E-state index < -0.39 is 11.6 Å². The first-order valence-corrected chi connectivity index (χ1v) is 5.88. The third-order valence-electron chi connectivity index (χ3n) is 3.05. The van der Waals surface area contributed by atoms with Crippen molar-refractivity contribution in [3.63, 3.8) is 0 Å². The Morgan fingerprint density at radius 3 is 2.59 bits per heavy atom. The van der Waals surface area contributed by atoms with Crippen molar-refractivity contribution in [1.29, 1.82) is 0 Å². The van der Waals surface area contributed by atoms with E-state index in [0.717, 1.165) is 25.3 Å². The zero-order valence-corrected chi connectivity index (χ0v) is 9.51. The van der Waals surface area contributed by atoms with Crippen LogP contribution in [0.15, 0.2) is 18.2 Å². The van der Waals surface area contributed by atoms with E-state index in [2.05, 4.69) is 5.32 Å². The summed E-state index contributed by atoms with van der Waals surface area (Å²) in [5.74, 6) is -1.35. The fourth-order valence-corrected chi connectivity index (χ4v) is 2.21. The van der Waals surface area contributed by atoms with E-state index in [0.29, 0.717) is 18.5 Å². The SMILES string of the molecule is O=C1NCCCCC1Cc1cc(F)cc(F)c1. The highest BCUT2D eigenvalue weighted by Crippen LogP contribution is 2.19. The summed E-state index contributed by atoms with van der Waals surface area (Å²) in [6, 6.07) is 3.43. The first kappa shape index (κ1) is 12.0. The number of amides is 1. The normalized spacial score (nSPS) is 20.8. The first-order chi connectivity index (χ1) is 8.15. The molecule has 1 heterocycles. The number of benzene rings is 1. The molecule has 1 aliphatic rings. The molecule has 0 bridgehead atoms. The Kier molecular flexibility index (Phi) is 3.71. The molecular weight excluding hydrogens is 224 g/mol. The number of hydrogen-bond donors (Lipinski definition) is 1. The predicted molar refractivity (Wildman–Crippen MR) is 60.4 cm³/mol. The number of nitrogens with one attached hydrogen (secondary N) is 1. The van der Waals surface area contributed by atoms with Gasteiger partial charge in [-0.05, 0) is 37.0 Å². The van der Waals surface area contributed by atoms with Gasteiger partial charge in [0, 0.05) is 18.5 Å². The van der Waals surface area contributed by atoms with Crippen molar-refractivity contribution in [2.24, 2.45) is 5.92 Å². The lowest BCUT2D eigenvalue weighted by atomic mass is 9.94. The molecule has 17 heavy (non-hydrogen) atoms. The third kappa shape index (κ3) is 3.25. The minimum atomic E-state index is -0.589. The number of carbonyl (C=O) groups excluding carboxylic acids is 1. The van der Waals surface area contributed by atoms with Gasteiger partial charge < -0.3 is 5.32 Å². The Labute approximate surface area is 99.0 Å².